The molecule has 2 amide bonds. The van der Waals surface area contributed by atoms with E-state index in [2.05, 4.69) is 5.32 Å². The van der Waals surface area contributed by atoms with Gasteiger partial charge in [-0.15, -0.1) is 0 Å². The maximum absolute atomic E-state index is 13.4. The van der Waals surface area contributed by atoms with Gasteiger partial charge in [0, 0.05) is 36.8 Å². The zero-order valence-electron chi connectivity index (χ0n) is 20.9. The normalized spacial score (nSPS) is 14.7. The van der Waals surface area contributed by atoms with Crippen LogP contribution in [0.5, 0.6) is 5.75 Å². The number of ether oxygens (including phenoxy) is 1. The Balaban J connectivity index is 1.73. The van der Waals surface area contributed by atoms with Crippen molar-refractivity contribution in [2.45, 2.75) is 38.4 Å². The number of benzene rings is 1. The van der Waals surface area contributed by atoms with Crippen molar-refractivity contribution in [3.8, 4) is 16.9 Å². The molecule has 0 bridgehead atoms. The molecular formula is C26H28ClF3N4O4. The van der Waals surface area contributed by atoms with Crippen LogP contribution in [0.1, 0.15) is 35.9 Å². The predicted molar refractivity (Wildman–Crippen MR) is 136 cm³/mol. The van der Waals surface area contributed by atoms with Crippen LogP contribution in [0.4, 0.5) is 13.2 Å². The van der Waals surface area contributed by atoms with Crippen LogP contribution in [0.2, 0.25) is 5.02 Å². The van der Waals surface area contributed by atoms with E-state index in [1.807, 2.05) is 6.92 Å². The van der Waals surface area contributed by atoms with Crippen LogP contribution in [0, 0.1) is 0 Å². The second kappa shape index (κ2) is 11.2. The van der Waals surface area contributed by atoms with Crippen LogP contribution in [0.25, 0.3) is 22.2 Å². The second-order valence-electron chi connectivity index (χ2n) is 9.14. The molecule has 38 heavy (non-hydrogen) atoms. The van der Waals surface area contributed by atoms with Crippen molar-refractivity contribution in [3.63, 3.8) is 0 Å². The maximum Gasteiger partial charge on any atom is 0.422 e. The standard InChI is InChI=1S/C26H28ClF3N4O4/c1-3-20-18(15-4-6-16(27)7-5-15)12-19-23(38-14-26(28,29)30)22(33(2)24(19)32-20)25(37)31-17-8-10-34(11-9-17)21(36)13-35/h4-7,12,17,35H,3,8-11,13-14H2,1-2H3,(H,31,37). The lowest BCUT2D eigenvalue weighted by Gasteiger charge is -2.32. The number of likely N-dealkylation sites (tertiary alicyclic amines) is 1. The number of pyridine rings is 1. The van der Waals surface area contributed by atoms with Crippen molar-refractivity contribution >= 4 is 34.4 Å². The third-order valence-corrected chi connectivity index (χ3v) is 6.85. The van der Waals surface area contributed by atoms with E-state index in [0.29, 0.717) is 54.3 Å². The molecule has 1 aromatic carbocycles. The number of alkyl halides is 3. The van der Waals surface area contributed by atoms with Gasteiger partial charge in [-0.2, -0.15) is 13.2 Å². The Hall–Kier alpha value is -3.31. The fraction of sp³-hybridized carbons (Fsp3) is 0.423. The fourth-order valence-corrected chi connectivity index (χ4v) is 4.81. The van der Waals surface area contributed by atoms with E-state index in [1.54, 1.807) is 37.4 Å². The van der Waals surface area contributed by atoms with E-state index < -0.39 is 25.3 Å². The molecule has 2 N–H and O–H groups in total. The average molecular weight is 553 g/mol. The summed E-state index contributed by atoms with van der Waals surface area (Å²) in [7, 11) is 1.56. The summed E-state index contributed by atoms with van der Waals surface area (Å²) in [5.41, 5.74) is 2.44. The van der Waals surface area contributed by atoms with Crippen molar-refractivity contribution in [2.75, 3.05) is 26.3 Å². The minimum Gasteiger partial charge on any atom is -0.481 e. The fourth-order valence-electron chi connectivity index (χ4n) is 4.68. The molecule has 0 radical (unpaired) electrons. The molecular weight excluding hydrogens is 525 g/mol. The lowest BCUT2D eigenvalue weighted by atomic mass is 10.0. The molecule has 8 nitrogen and oxygen atoms in total. The number of aryl methyl sites for hydroxylation is 2. The number of carbonyl (C=O) groups is 2. The minimum atomic E-state index is -4.61. The highest BCUT2D eigenvalue weighted by molar-refractivity contribution is 6.30. The Morgan fingerprint density at radius 2 is 1.87 bits per heavy atom. The molecule has 3 aromatic rings. The van der Waals surface area contributed by atoms with Crippen LogP contribution >= 0.6 is 11.6 Å². The zero-order chi connectivity index (χ0) is 27.6. The van der Waals surface area contributed by atoms with E-state index in [-0.39, 0.29) is 28.8 Å². The number of aliphatic hydroxyl groups is 1. The highest BCUT2D eigenvalue weighted by atomic mass is 35.5. The zero-order valence-corrected chi connectivity index (χ0v) is 21.7. The monoisotopic (exact) mass is 552 g/mol. The lowest BCUT2D eigenvalue weighted by Crippen LogP contribution is -2.47. The van der Waals surface area contributed by atoms with Crippen LogP contribution in [0.3, 0.4) is 0 Å². The van der Waals surface area contributed by atoms with Gasteiger partial charge in [-0.05, 0) is 43.0 Å². The number of piperidine rings is 1. The highest BCUT2D eigenvalue weighted by Crippen LogP contribution is 2.37. The molecule has 4 rings (SSSR count). The molecule has 2 aromatic heterocycles. The molecule has 1 aliphatic rings. The Kier molecular flexibility index (Phi) is 8.17. The first-order valence-corrected chi connectivity index (χ1v) is 12.6. The van der Waals surface area contributed by atoms with E-state index in [0.717, 1.165) is 5.56 Å². The predicted octanol–water partition coefficient (Wildman–Crippen LogP) is 4.11. The van der Waals surface area contributed by atoms with Crippen molar-refractivity contribution < 1.29 is 32.6 Å². The topological polar surface area (TPSA) is 96.7 Å². The van der Waals surface area contributed by atoms with Crippen molar-refractivity contribution in [1.82, 2.24) is 19.8 Å². The Labute approximate surface area is 222 Å². The summed E-state index contributed by atoms with van der Waals surface area (Å²) in [6, 6.07) is 8.42. The summed E-state index contributed by atoms with van der Waals surface area (Å²) in [6.07, 6.45) is -3.18. The number of aliphatic hydroxyl groups excluding tert-OH is 1. The molecule has 1 saturated heterocycles. The first-order valence-electron chi connectivity index (χ1n) is 12.2. The third-order valence-electron chi connectivity index (χ3n) is 6.60. The summed E-state index contributed by atoms with van der Waals surface area (Å²) < 4.78 is 46.2. The summed E-state index contributed by atoms with van der Waals surface area (Å²) in [5.74, 6) is -1.18. The van der Waals surface area contributed by atoms with Gasteiger partial charge in [0.15, 0.2) is 18.1 Å². The number of rotatable bonds is 7. The van der Waals surface area contributed by atoms with Crippen molar-refractivity contribution in [3.05, 3.63) is 46.7 Å². The van der Waals surface area contributed by atoms with Gasteiger partial charge in [-0.1, -0.05) is 30.7 Å². The molecule has 0 atom stereocenters. The third kappa shape index (κ3) is 5.88. The van der Waals surface area contributed by atoms with Gasteiger partial charge in [0.05, 0.1) is 11.1 Å². The number of hydrogen-bond donors (Lipinski definition) is 2. The summed E-state index contributed by atoms with van der Waals surface area (Å²) >= 11 is 6.03. The van der Waals surface area contributed by atoms with Crippen LogP contribution in [-0.2, 0) is 18.3 Å². The van der Waals surface area contributed by atoms with Gasteiger partial charge < -0.3 is 24.6 Å². The molecule has 1 aliphatic heterocycles. The Morgan fingerprint density at radius 3 is 2.45 bits per heavy atom. The minimum absolute atomic E-state index is 0.0686. The van der Waals surface area contributed by atoms with E-state index in [1.165, 1.54) is 9.47 Å². The number of aromatic nitrogens is 2. The SMILES string of the molecule is CCc1nc2c(cc1-c1ccc(Cl)cc1)c(OCC(F)(F)F)c(C(=O)NC1CCN(C(=O)CO)CC1)n2C. The van der Waals surface area contributed by atoms with Gasteiger partial charge >= 0.3 is 6.18 Å². The van der Waals surface area contributed by atoms with Gasteiger partial charge in [-0.25, -0.2) is 4.98 Å². The molecule has 1 fully saturated rings. The number of hydrogen-bond acceptors (Lipinski definition) is 5. The van der Waals surface area contributed by atoms with Crippen molar-refractivity contribution in [2.24, 2.45) is 7.05 Å². The Morgan fingerprint density at radius 1 is 1.21 bits per heavy atom. The summed E-state index contributed by atoms with van der Waals surface area (Å²) in [5, 5.41) is 12.8. The maximum atomic E-state index is 13.4. The molecule has 0 unspecified atom stereocenters. The van der Waals surface area contributed by atoms with Crippen LogP contribution in [-0.4, -0.2) is 69.9 Å². The smallest absolute Gasteiger partial charge is 0.422 e. The molecule has 12 heteroatoms. The lowest BCUT2D eigenvalue weighted by molar-refractivity contribution is -0.153. The number of nitrogens with one attached hydrogen (secondary N) is 1. The highest BCUT2D eigenvalue weighted by Gasteiger charge is 2.33. The second-order valence-corrected chi connectivity index (χ2v) is 9.58. The van der Waals surface area contributed by atoms with E-state index in [9.17, 15) is 22.8 Å². The van der Waals surface area contributed by atoms with Crippen LogP contribution < -0.4 is 10.1 Å². The number of halogens is 4. The van der Waals surface area contributed by atoms with Gasteiger partial charge in [0.25, 0.3) is 5.91 Å². The average Bonchev–Trinajstić information content (AvgIpc) is 3.17. The molecule has 3 heterocycles. The molecule has 0 aliphatic carbocycles. The van der Waals surface area contributed by atoms with Gasteiger partial charge in [0.2, 0.25) is 5.91 Å². The summed E-state index contributed by atoms with van der Waals surface area (Å²) in [4.78, 5) is 31.3. The van der Waals surface area contributed by atoms with Crippen LogP contribution in [0.15, 0.2) is 30.3 Å². The molecule has 0 saturated carbocycles. The Bertz CT molecular complexity index is 1330. The number of nitrogens with zero attached hydrogens (tertiary/aromatic N) is 3. The van der Waals surface area contributed by atoms with Gasteiger partial charge in [0.1, 0.15) is 12.3 Å². The first-order chi connectivity index (χ1) is 18.0. The largest absolute Gasteiger partial charge is 0.481 e. The number of carbonyl (C=O) groups excluding carboxylic acids is 2. The first kappa shape index (κ1) is 27.7. The number of fused-ring (bicyclic) bond motifs is 1. The van der Waals surface area contributed by atoms with Gasteiger partial charge in [-0.3, -0.25) is 9.59 Å². The van der Waals surface area contributed by atoms with E-state index >= 15 is 0 Å². The molecule has 0 spiro atoms. The summed E-state index contributed by atoms with van der Waals surface area (Å²) in [6.45, 7) is 0.460. The van der Waals surface area contributed by atoms with Crippen molar-refractivity contribution in [1.29, 1.82) is 0 Å². The quantitative estimate of drug-likeness (QED) is 0.460. The van der Waals surface area contributed by atoms with E-state index in [4.69, 9.17) is 26.4 Å². The molecule has 204 valence electrons. The number of amides is 2.